The van der Waals surface area contributed by atoms with Crippen molar-refractivity contribution < 1.29 is 12.8 Å². The number of nitrogens with one attached hydrogen (secondary N) is 1. The number of rotatable bonds is 4. The van der Waals surface area contributed by atoms with Gasteiger partial charge in [0, 0.05) is 13.0 Å². The molecule has 0 saturated heterocycles. The molecule has 0 spiro atoms. The third kappa shape index (κ3) is 4.05. The van der Waals surface area contributed by atoms with Crippen LogP contribution in [0.4, 0.5) is 0 Å². The Hall–Kier alpha value is -0.880. The van der Waals surface area contributed by atoms with Crippen LogP contribution in [0.3, 0.4) is 0 Å². The van der Waals surface area contributed by atoms with E-state index < -0.39 is 10.0 Å². The highest BCUT2D eigenvalue weighted by atomic mass is 32.2. The average Bonchev–Trinajstić information content (AvgIpc) is 2.33. The van der Waals surface area contributed by atoms with Gasteiger partial charge < -0.3 is 4.42 Å². The molecule has 0 radical (unpaired) electrons. The Morgan fingerprint density at radius 2 is 2.31 bits per heavy atom. The van der Waals surface area contributed by atoms with E-state index in [9.17, 15) is 8.42 Å². The second-order valence-corrected chi connectivity index (χ2v) is 4.61. The van der Waals surface area contributed by atoms with Gasteiger partial charge >= 0.3 is 0 Å². The normalized spacial score (nSPS) is 11.8. The summed E-state index contributed by atoms with van der Waals surface area (Å²) in [7, 11) is -3.11. The summed E-state index contributed by atoms with van der Waals surface area (Å²) in [5.74, 6) is 1.28. The highest BCUT2D eigenvalue weighted by Crippen LogP contribution is 2.01. The van der Waals surface area contributed by atoms with Gasteiger partial charge in [0.15, 0.2) is 5.89 Å². The molecule has 0 aliphatic heterocycles. The van der Waals surface area contributed by atoms with Gasteiger partial charge in [-0.2, -0.15) is 0 Å². The van der Waals surface area contributed by atoms with Gasteiger partial charge in [-0.3, -0.25) is 0 Å². The van der Waals surface area contributed by atoms with E-state index >= 15 is 0 Å². The molecule has 74 valence electrons. The molecule has 0 atom stereocenters. The second-order valence-electron chi connectivity index (χ2n) is 2.78. The number of hydrogen-bond acceptors (Lipinski definition) is 4. The first-order valence-corrected chi connectivity index (χ1v) is 5.72. The van der Waals surface area contributed by atoms with E-state index in [4.69, 9.17) is 4.42 Å². The monoisotopic (exact) mass is 204 g/mol. The summed E-state index contributed by atoms with van der Waals surface area (Å²) < 4.78 is 28.8. The molecule has 1 heterocycles. The van der Waals surface area contributed by atoms with Crippen LogP contribution in [0.2, 0.25) is 0 Å². The van der Waals surface area contributed by atoms with Gasteiger partial charge in [0.25, 0.3) is 0 Å². The summed E-state index contributed by atoms with van der Waals surface area (Å²) in [6.45, 7) is 2.11. The lowest BCUT2D eigenvalue weighted by molar-refractivity contribution is 0.469. The summed E-state index contributed by atoms with van der Waals surface area (Å²) in [5.41, 5.74) is 0. The predicted molar refractivity (Wildman–Crippen MR) is 47.8 cm³/mol. The molecule has 0 aromatic carbocycles. The maximum absolute atomic E-state index is 10.7. The quantitative estimate of drug-likeness (QED) is 0.753. The zero-order chi connectivity index (χ0) is 9.90. The van der Waals surface area contributed by atoms with E-state index in [2.05, 4.69) is 9.71 Å². The molecule has 5 nitrogen and oxygen atoms in total. The molecule has 0 aliphatic rings. The van der Waals surface area contributed by atoms with Crippen LogP contribution in [0.5, 0.6) is 0 Å². The van der Waals surface area contributed by atoms with Crippen LogP contribution in [0, 0.1) is 6.92 Å². The molecule has 6 heteroatoms. The number of aryl methyl sites for hydroxylation is 1. The van der Waals surface area contributed by atoms with Gasteiger partial charge in [-0.1, -0.05) is 0 Å². The van der Waals surface area contributed by atoms with Crippen molar-refractivity contribution in [1.82, 2.24) is 9.71 Å². The Morgan fingerprint density at radius 1 is 1.62 bits per heavy atom. The first-order valence-electron chi connectivity index (χ1n) is 3.83. The van der Waals surface area contributed by atoms with Gasteiger partial charge in [0.1, 0.15) is 5.76 Å². The topological polar surface area (TPSA) is 72.2 Å². The molecule has 0 amide bonds. The van der Waals surface area contributed by atoms with Crippen molar-refractivity contribution in [1.29, 1.82) is 0 Å². The van der Waals surface area contributed by atoms with E-state index in [1.807, 2.05) is 0 Å². The average molecular weight is 204 g/mol. The van der Waals surface area contributed by atoms with E-state index in [0.717, 1.165) is 12.0 Å². The highest BCUT2D eigenvalue weighted by molar-refractivity contribution is 7.88. The largest absolute Gasteiger partial charge is 0.446 e. The summed E-state index contributed by atoms with van der Waals surface area (Å²) in [6, 6.07) is 0. The van der Waals surface area contributed by atoms with Crippen LogP contribution in [-0.4, -0.2) is 26.2 Å². The fraction of sp³-hybridized carbons (Fsp3) is 0.571. The fourth-order valence-corrected chi connectivity index (χ4v) is 1.33. The lowest BCUT2D eigenvalue weighted by atomic mass is 10.4. The van der Waals surface area contributed by atoms with Crippen LogP contribution >= 0.6 is 0 Å². The zero-order valence-electron chi connectivity index (χ0n) is 7.57. The van der Waals surface area contributed by atoms with Crippen molar-refractivity contribution >= 4 is 10.0 Å². The molecule has 0 fully saturated rings. The molecule has 1 aromatic rings. The van der Waals surface area contributed by atoms with E-state index in [1.54, 1.807) is 13.1 Å². The summed E-state index contributed by atoms with van der Waals surface area (Å²) >= 11 is 0. The number of hydrogen-bond donors (Lipinski definition) is 1. The first-order chi connectivity index (χ1) is 5.97. The van der Waals surface area contributed by atoms with Crippen LogP contribution in [0.15, 0.2) is 10.6 Å². The Labute approximate surface area is 77.2 Å². The van der Waals surface area contributed by atoms with Crippen molar-refractivity contribution in [3.05, 3.63) is 17.8 Å². The van der Waals surface area contributed by atoms with Crippen molar-refractivity contribution in [2.75, 3.05) is 12.8 Å². The molecule has 0 unspecified atom stereocenters. The molecule has 0 aliphatic carbocycles. The molecule has 13 heavy (non-hydrogen) atoms. The smallest absolute Gasteiger partial charge is 0.208 e. The molecule has 1 rings (SSSR count). The molecule has 0 bridgehead atoms. The van der Waals surface area contributed by atoms with Crippen molar-refractivity contribution in [3.8, 4) is 0 Å². The fourth-order valence-electron chi connectivity index (χ4n) is 0.860. The Kier molecular flexibility index (Phi) is 3.05. The Balaban J connectivity index is 2.36. The number of aromatic nitrogens is 1. The lowest BCUT2D eigenvalue weighted by Crippen LogP contribution is -2.24. The second kappa shape index (κ2) is 3.89. The van der Waals surface area contributed by atoms with Crippen LogP contribution in [0.25, 0.3) is 0 Å². The zero-order valence-corrected chi connectivity index (χ0v) is 8.39. The Bertz CT molecular complexity index is 369. The molecule has 1 aromatic heterocycles. The number of sulfonamides is 1. The molecule has 0 saturated carbocycles. The minimum absolute atomic E-state index is 0.318. The van der Waals surface area contributed by atoms with Crippen molar-refractivity contribution in [3.63, 3.8) is 0 Å². The van der Waals surface area contributed by atoms with Gasteiger partial charge in [-0.05, 0) is 6.92 Å². The van der Waals surface area contributed by atoms with Crippen LogP contribution in [0.1, 0.15) is 11.7 Å². The number of oxazole rings is 1. The maximum atomic E-state index is 10.7. The van der Waals surface area contributed by atoms with E-state index in [-0.39, 0.29) is 0 Å². The third-order valence-corrected chi connectivity index (χ3v) is 2.10. The van der Waals surface area contributed by atoms with Crippen molar-refractivity contribution in [2.24, 2.45) is 0 Å². The lowest BCUT2D eigenvalue weighted by Gasteiger charge is -1.98. The van der Waals surface area contributed by atoms with Crippen molar-refractivity contribution in [2.45, 2.75) is 13.3 Å². The molecular weight excluding hydrogens is 192 g/mol. The molecular formula is C7H12N2O3S. The van der Waals surface area contributed by atoms with Crippen LogP contribution in [-0.2, 0) is 16.4 Å². The number of nitrogens with zero attached hydrogens (tertiary/aromatic N) is 1. The van der Waals surface area contributed by atoms with Gasteiger partial charge in [-0.15, -0.1) is 0 Å². The van der Waals surface area contributed by atoms with Gasteiger partial charge in [-0.25, -0.2) is 18.1 Å². The van der Waals surface area contributed by atoms with Gasteiger partial charge in [0.05, 0.1) is 12.5 Å². The van der Waals surface area contributed by atoms with Crippen LogP contribution < -0.4 is 4.72 Å². The SMILES string of the molecule is Cc1cnc(CCNS(C)(=O)=O)o1. The van der Waals surface area contributed by atoms with Gasteiger partial charge in [0.2, 0.25) is 10.0 Å². The standard InChI is InChI=1S/C7H12N2O3S/c1-6-5-8-7(12-6)3-4-9-13(2,10)11/h5,9H,3-4H2,1-2H3. The van der Waals surface area contributed by atoms with E-state index in [1.165, 1.54) is 0 Å². The summed E-state index contributed by atoms with van der Waals surface area (Å²) in [5, 5.41) is 0. The highest BCUT2D eigenvalue weighted by Gasteiger charge is 2.03. The minimum Gasteiger partial charge on any atom is -0.446 e. The summed E-state index contributed by atoms with van der Waals surface area (Å²) in [4.78, 5) is 3.93. The third-order valence-electron chi connectivity index (χ3n) is 1.37. The maximum Gasteiger partial charge on any atom is 0.208 e. The summed E-state index contributed by atoms with van der Waals surface area (Å²) in [6.07, 6.45) is 3.20. The molecule has 1 N–H and O–H groups in total. The minimum atomic E-state index is -3.11. The predicted octanol–water partition coefficient (Wildman–Crippen LogP) is 0.0747. The van der Waals surface area contributed by atoms with E-state index in [0.29, 0.717) is 18.9 Å². The Morgan fingerprint density at radius 3 is 2.77 bits per heavy atom. The first kappa shape index (κ1) is 10.2.